The monoisotopic (exact) mass is 274 g/mol. The number of hydrogen-bond acceptors (Lipinski definition) is 3. The van der Waals surface area contributed by atoms with Crippen molar-refractivity contribution in [2.24, 2.45) is 11.3 Å². The molecule has 1 unspecified atom stereocenters. The van der Waals surface area contributed by atoms with Gasteiger partial charge in [-0.05, 0) is 36.8 Å². The molecule has 106 valence electrons. The van der Waals surface area contributed by atoms with Gasteiger partial charge in [0.15, 0.2) is 6.61 Å². The first-order valence-electron chi connectivity index (χ1n) is 6.96. The largest absolute Gasteiger partial charge is 0.484 e. The van der Waals surface area contributed by atoms with Gasteiger partial charge in [0.2, 0.25) is 5.91 Å². The Morgan fingerprint density at radius 2 is 1.95 bits per heavy atom. The van der Waals surface area contributed by atoms with E-state index in [9.17, 15) is 9.59 Å². The number of amides is 2. The molecule has 0 heterocycles. The van der Waals surface area contributed by atoms with E-state index in [0.29, 0.717) is 5.75 Å². The van der Waals surface area contributed by atoms with E-state index in [1.54, 1.807) is 12.1 Å². The molecule has 3 rings (SSSR count). The van der Waals surface area contributed by atoms with E-state index in [1.165, 1.54) is 6.42 Å². The number of ether oxygens (including phenoxy) is 1. The van der Waals surface area contributed by atoms with Crippen molar-refractivity contribution in [3.63, 3.8) is 0 Å². The SMILES string of the molecule is O=C(COc1ccccc1)NNC(=O)C1CC12CCC2. The smallest absolute Gasteiger partial charge is 0.276 e. The first-order chi connectivity index (χ1) is 9.70. The summed E-state index contributed by atoms with van der Waals surface area (Å²) < 4.78 is 5.29. The first kappa shape index (κ1) is 13.0. The van der Waals surface area contributed by atoms with Crippen LogP contribution in [0, 0.1) is 11.3 Å². The standard InChI is InChI=1S/C15H18N2O3/c18-13(10-20-11-5-2-1-3-6-11)16-17-14(19)12-9-15(12)7-4-8-15/h1-3,5-6,12H,4,7-10H2,(H,16,18)(H,17,19). The average Bonchev–Trinajstić information content (AvgIpc) is 3.20. The van der Waals surface area contributed by atoms with E-state index in [4.69, 9.17) is 4.74 Å². The molecule has 5 heteroatoms. The molecule has 1 aromatic carbocycles. The molecule has 1 spiro atoms. The lowest BCUT2D eigenvalue weighted by molar-refractivity contribution is -0.131. The van der Waals surface area contributed by atoms with Crippen LogP contribution in [-0.4, -0.2) is 18.4 Å². The van der Waals surface area contributed by atoms with E-state index in [2.05, 4.69) is 10.9 Å². The zero-order chi connectivity index (χ0) is 14.0. The predicted molar refractivity (Wildman–Crippen MR) is 72.6 cm³/mol. The molecule has 2 aliphatic carbocycles. The second-order valence-electron chi connectivity index (χ2n) is 5.61. The van der Waals surface area contributed by atoms with Crippen LogP contribution in [0.3, 0.4) is 0 Å². The van der Waals surface area contributed by atoms with Gasteiger partial charge in [0.1, 0.15) is 5.75 Å². The van der Waals surface area contributed by atoms with Gasteiger partial charge in [0, 0.05) is 5.92 Å². The van der Waals surface area contributed by atoms with Crippen molar-refractivity contribution < 1.29 is 14.3 Å². The second kappa shape index (κ2) is 5.15. The fraction of sp³-hybridized carbons (Fsp3) is 0.467. The summed E-state index contributed by atoms with van der Waals surface area (Å²) in [6.45, 7) is -0.111. The summed E-state index contributed by atoms with van der Waals surface area (Å²) in [7, 11) is 0. The van der Waals surface area contributed by atoms with Crippen molar-refractivity contribution >= 4 is 11.8 Å². The summed E-state index contributed by atoms with van der Waals surface area (Å²) in [6.07, 6.45) is 4.49. The fourth-order valence-electron chi connectivity index (χ4n) is 2.82. The van der Waals surface area contributed by atoms with Gasteiger partial charge in [-0.15, -0.1) is 0 Å². The molecule has 2 fully saturated rings. The summed E-state index contributed by atoms with van der Waals surface area (Å²) in [5, 5.41) is 0. The number of carbonyl (C=O) groups excluding carboxylic acids is 2. The normalized spacial score (nSPS) is 21.7. The fourth-order valence-corrected chi connectivity index (χ4v) is 2.82. The van der Waals surface area contributed by atoms with Crippen molar-refractivity contribution in [3.8, 4) is 5.75 Å². The van der Waals surface area contributed by atoms with Crippen LogP contribution < -0.4 is 15.6 Å². The van der Waals surface area contributed by atoms with E-state index >= 15 is 0 Å². The van der Waals surface area contributed by atoms with Gasteiger partial charge in [-0.3, -0.25) is 20.4 Å². The molecule has 0 bridgehead atoms. The number of nitrogens with one attached hydrogen (secondary N) is 2. The summed E-state index contributed by atoms with van der Waals surface area (Å²) in [6, 6.07) is 9.09. The Kier molecular flexibility index (Phi) is 3.34. The Bertz CT molecular complexity index is 511. The Balaban J connectivity index is 1.36. The van der Waals surface area contributed by atoms with Gasteiger partial charge in [-0.1, -0.05) is 24.6 Å². The quantitative estimate of drug-likeness (QED) is 0.816. The number of carbonyl (C=O) groups is 2. The first-order valence-corrected chi connectivity index (χ1v) is 6.96. The van der Waals surface area contributed by atoms with E-state index in [0.717, 1.165) is 19.3 Å². The lowest BCUT2D eigenvalue weighted by Gasteiger charge is -2.26. The van der Waals surface area contributed by atoms with Crippen molar-refractivity contribution in [1.82, 2.24) is 10.9 Å². The molecule has 2 amide bonds. The minimum atomic E-state index is -0.356. The van der Waals surface area contributed by atoms with Crippen molar-refractivity contribution in [2.75, 3.05) is 6.61 Å². The van der Waals surface area contributed by atoms with Gasteiger partial charge < -0.3 is 4.74 Å². The van der Waals surface area contributed by atoms with Gasteiger partial charge in [0.05, 0.1) is 0 Å². The summed E-state index contributed by atoms with van der Waals surface area (Å²) in [4.78, 5) is 23.4. The highest BCUT2D eigenvalue weighted by molar-refractivity contribution is 5.86. The number of rotatable bonds is 4. The maximum Gasteiger partial charge on any atom is 0.276 e. The van der Waals surface area contributed by atoms with Crippen molar-refractivity contribution in [2.45, 2.75) is 25.7 Å². The van der Waals surface area contributed by atoms with Crippen LogP contribution in [0.1, 0.15) is 25.7 Å². The highest BCUT2D eigenvalue weighted by atomic mass is 16.5. The molecule has 0 aliphatic heterocycles. The van der Waals surface area contributed by atoms with Gasteiger partial charge in [-0.25, -0.2) is 0 Å². The Labute approximate surface area is 117 Å². The Hall–Kier alpha value is -2.04. The molecule has 2 N–H and O–H groups in total. The summed E-state index contributed by atoms with van der Waals surface area (Å²) in [5.74, 6) is 0.291. The number of hydrogen-bond donors (Lipinski definition) is 2. The van der Waals surface area contributed by atoms with Crippen molar-refractivity contribution in [3.05, 3.63) is 30.3 Å². The molecular weight excluding hydrogens is 256 g/mol. The summed E-state index contributed by atoms with van der Waals surface area (Å²) >= 11 is 0. The van der Waals surface area contributed by atoms with Crippen molar-refractivity contribution in [1.29, 1.82) is 0 Å². The van der Waals surface area contributed by atoms with Crippen LogP contribution >= 0.6 is 0 Å². The molecule has 5 nitrogen and oxygen atoms in total. The summed E-state index contributed by atoms with van der Waals surface area (Å²) in [5.41, 5.74) is 5.16. The zero-order valence-corrected chi connectivity index (χ0v) is 11.2. The molecule has 20 heavy (non-hydrogen) atoms. The molecule has 2 saturated carbocycles. The van der Waals surface area contributed by atoms with Crippen LogP contribution in [0.5, 0.6) is 5.75 Å². The zero-order valence-electron chi connectivity index (χ0n) is 11.2. The predicted octanol–water partition coefficient (Wildman–Crippen LogP) is 1.40. The number of benzene rings is 1. The Morgan fingerprint density at radius 3 is 2.55 bits per heavy atom. The van der Waals surface area contributed by atoms with Gasteiger partial charge in [0.25, 0.3) is 5.91 Å². The van der Waals surface area contributed by atoms with E-state index in [1.807, 2.05) is 18.2 Å². The molecule has 0 saturated heterocycles. The minimum Gasteiger partial charge on any atom is -0.484 e. The molecule has 2 aliphatic rings. The van der Waals surface area contributed by atoms with Crippen LogP contribution in [0.15, 0.2) is 30.3 Å². The molecule has 0 aromatic heterocycles. The van der Waals surface area contributed by atoms with Gasteiger partial charge >= 0.3 is 0 Å². The van der Waals surface area contributed by atoms with E-state index < -0.39 is 0 Å². The average molecular weight is 274 g/mol. The van der Waals surface area contributed by atoms with E-state index in [-0.39, 0.29) is 29.8 Å². The third-order valence-electron chi connectivity index (χ3n) is 4.29. The third kappa shape index (κ3) is 2.61. The highest BCUT2D eigenvalue weighted by Gasteiger charge is 2.60. The topological polar surface area (TPSA) is 67.4 Å². The lowest BCUT2D eigenvalue weighted by Crippen LogP contribution is -2.45. The number of para-hydroxylation sites is 1. The highest BCUT2D eigenvalue weighted by Crippen LogP contribution is 2.65. The maximum atomic E-state index is 11.8. The third-order valence-corrected chi connectivity index (χ3v) is 4.29. The van der Waals surface area contributed by atoms with Crippen LogP contribution in [0.2, 0.25) is 0 Å². The minimum absolute atomic E-state index is 0.0715. The van der Waals surface area contributed by atoms with Gasteiger partial charge in [-0.2, -0.15) is 0 Å². The molecule has 0 radical (unpaired) electrons. The lowest BCUT2D eigenvalue weighted by atomic mass is 9.80. The second-order valence-corrected chi connectivity index (χ2v) is 5.61. The maximum absolute atomic E-state index is 11.8. The molecule has 1 atom stereocenters. The Morgan fingerprint density at radius 1 is 1.20 bits per heavy atom. The molecule has 1 aromatic rings. The van der Waals surface area contributed by atoms with Crippen LogP contribution in [-0.2, 0) is 9.59 Å². The van der Waals surface area contributed by atoms with Crippen LogP contribution in [0.25, 0.3) is 0 Å². The van der Waals surface area contributed by atoms with Crippen LogP contribution in [0.4, 0.5) is 0 Å². The number of hydrazine groups is 1. The molecular formula is C15H18N2O3.